The number of alkyl halides is 3. The van der Waals surface area contributed by atoms with Crippen LogP contribution in [0.1, 0.15) is 83.3 Å². The third kappa shape index (κ3) is 4.81. The quantitative estimate of drug-likeness (QED) is 0.529. The maximum atomic E-state index is 15.1. The lowest BCUT2D eigenvalue weighted by atomic mass is 9.78. The highest BCUT2D eigenvalue weighted by molar-refractivity contribution is 5.76. The van der Waals surface area contributed by atoms with Crippen molar-refractivity contribution in [2.24, 2.45) is 17.8 Å². The van der Waals surface area contributed by atoms with Crippen molar-refractivity contribution in [2.45, 2.75) is 107 Å². The van der Waals surface area contributed by atoms with Crippen molar-refractivity contribution < 1.29 is 27.2 Å². The number of amides is 1. The smallest absolute Gasteiger partial charge is 0.253 e. The Bertz CT molecular complexity index is 999. The van der Waals surface area contributed by atoms with Crippen molar-refractivity contribution in [1.29, 1.82) is 0 Å². The summed E-state index contributed by atoms with van der Waals surface area (Å²) in [4.78, 5) is 21.8. The first-order valence-corrected chi connectivity index (χ1v) is 14.1. The highest BCUT2D eigenvalue weighted by atomic mass is 19.3. The number of rotatable bonds is 7. The number of piperidine rings is 2. The van der Waals surface area contributed by atoms with Crippen molar-refractivity contribution >= 4 is 5.91 Å². The number of fused-ring (bicyclic) bond motifs is 1. The highest BCUT2D eigenvalue weighted by Crippen LogP contribution is 2.52. The number of aromatic nitrogens is 2. The third-order valence-electron chi connectivity index (χ3n) is 9.82. The van der Waals surface area contributed by atoms with Gasteiger partial charge in [-0.15, -0.1) is 0 Å². The molecule has 2 saturated heterocycles. The van der Waals surface area contributed by atoms with Gasteiger partial charge in [-0.2, -0.15) is 4.98 Å². The van der Waals surface area contributed by atoms with E-state index in [0.29, 0.717) is 74.8 Å². The van der Waals surface area contributed by atoms with Crippen molar-refractivity contribution in [3.63, 3.8) is 0 Å². The summed E-state index contributed by atoms with van der Waals surface area (Å²) >= 11 is 0. The fourth-order valence-corrected chi connectivity index (χ4v) is 6.81. The van der Waals surface area contributed by atoms with Crippen LogP contribution in [0.3, 0.4) is 0 Å². The van der Waals surface area contributed by atoms with Crippen molar-refractivity contribution in [2.75, 3.05) is 26.2 Å². The number of halogens is 3. The van der Waals surface area contributed by atoms with Gasteiger partial charge in [0.15, 0.2) is 5.82 Å². The lowest BCUT2D eigenvalue weighted by Crippen LogP contribution is -2.49. The van der Waals surface area contributed by atoms with Gasteiger partial charge in [0.25, 0.3) is 5.92 Å². The third-order valence-corrected chi connectivity index (χ3v) is 9.82. The lowest BCUT2D eigenvalue weighted by Gasteiger charge is -2.41. The molecule has 6 rings (SSSR count). The zero-order chi connectivity index (χ0) is 26.1. The van der Waals surface area contributed by atoms with Crippen LogP contribution in [0, 0.1) is 17.8 Å². The molecule has 206 valence electrons. The van der Waals surface area contributed by atoms with Crippen molar-refractivity contribution in [1.82, 2.24) is 19.9 Å². The summed E-state index contributed by atoms with van der Waals surface area (Å²) in [6.07, 6.45) is 0.910. The Balaban J connectivity index is 1.05. The molecule has 37 heavy (non-hydrogen) atoms. The second kappa shape index (κ2) is 9.21. The molecule has 1 unspecified atom stereocenters. The molecular formula is C27H39F3N4O3. The van der Waals surface area contributed by atoms with E-state index in [1.165, 1.54) is 0 Å². The first-order valence-electron chi connectivity index (χ1n) is 14.1. The van der Waals surface area contributed by atoms with Gasteiger partial charge in [0.2, 0.25) is 11.8 Å². The largest absolute Gasteiger partial charge is 0.374 e. The van der Waals surface area contributed by atoms with Gasteiger partial charge in [0, 0.05) is 62.3 Å². The van der Waals surface area contributed by atoms with Gasteiger partial charge >= 0.3 is 0 Å². The molecule has 0 bridgehead atoms. The number of carbonyl (C=O) groups is 1. The van der Waals surface area contributed by atoms with Gasteiger partial charge in [-0.25, -0.2) is 13.2 Å². The summed E-state index contributed by atoms with van der Waals surface area (Å²) in [5, 5.41) is 4.10. The maximum Gasteiger partial charge on any atom is 0.253 e. The molecule has 3 saturated carbocycles. The summed E-state index contributed by atoms with van der Waals surface area (Å²) in [6, 6.07) is 0.493. The molecule has 10 heteroatoms. The summed E-state index contributed by atoms with van der Waals surface area (Å²) in [7, 11) is 0. The van der Waals surface area contributed by atoms with E-state index >= 15 is 8.78 Å². The molecule has 1 aromatic heterocycles. The number of hydrogen-bond acceptors (Lipinski definition) is 6. The number of hydrogen-bond donors (Lipinski definition) is 0. The molecule has 7 nitrogen and oxygen atoms in total. The molecule has 5 fully saturated rings. The topological polar surface area (TPSA) is 71.7 Å². The molecule has 1 amide bonds. The molecule has 2 aliphatic heterocycles. The van der Waals surface area contributed by atoms with Crippen LogP contribution in [0.2, 0.25) is 0 Å². The van der Waals surface area contributed by atoms with Gasteiger partial charge in [0.05, 0.1) is 24.0 Å². The summed E-state index contributed by atoms with van der Waals surface area (Å²) in [6.45, 7) is 9.25. The number of ether oxygens (including phenoxy) is 1. The monoisotopic (exact) mass is 524 g/mol. The van der Waals surface area contributed by atoms with E-state index in [4.69, 9.17) is 9.26 Å². The van der Waals surface area contributed by atoms with Crippen LogP contribution in [-0.4, -0.2) is 82.4 Å². The maximum absolute atomic E-state index is 15.1. The molecule has 0 aromatic carbocycles. The first-order chi connectivity index (χ1) is 17.6. The van der Waals surface area contributed by atoms with Gasteiger partial charge in [-0.05, 0) is 46.0 Å². The lowest BCUT2D eigenvalue weighted by molar-refractivity contribution is -0.170. The number of nitrogens with zero attached hydrogens (tertiary/aromatic N) is 4. The molecule has 5 aliphatic rings. The second-order valence-corrected chi connectivity index (χ2v) is 12.7. The molecule has 0 radical (unpaired) electrons. The minimum absolute atomic E-state index is 0.0605. The van der Waals surface area contributed by atoms with E-state index in [-0.39, 0.29) is 36.2 Å². The Morgan fingerprint density at radius 2 is 1.86 bits per heavy atom. The zero-order valence-electron chi connectivity index (χ0n) is 22.0. The zero-order valence-corrected chi connectivity index (χ0v) is 22.0. The summed E-state index contributed by atoms with van der Waals surface area (Å²) in [5.41, 5.74) is -0.382. The molecule has 0 N–H and O–H groups in total. The Morgan fingerprint density at radius 1 is 1.19 bits per heavy atom. The van der Waals surface area contributed by atoms with Crippen LogP contribution >= 0.6 is 0 Å². The van der Waals surface area contributed by atoms with Crippen LogP contribution in [0.15, 0.2) is 4.52 Å². The molecule has 7 atom stereocenters. The Hall–Kier alpha value is -1.68. The SMILES string of the molecule is CC(C)N1C[C@@H]2C(O[C@H]3CCCC(F)(F)[C@@H]3CC(=O)N3CCC(C)(c4noc([C@@H]5C[C@@H]5F)n4)CC3)[C@@H]2C1. The Morgan fingerprint density at radius 3 is 2.49 bits per heavy atom. The molecule has 1 aromatic rings. The van der Waals surface area contributed by atoms with Gasteiger partial charge in [0.1, 0.15) is 6.17 Å². The van der Waals surface area contributed by atoms with Crippen LogP contribution in [0.5, 0.6) is 0 Å². The van der Waals surface area contributed by atoms with E-state index in [1.54, 1.807) is 4.90 Å². The van der Waals surface area contributed by atoms with Gasteiger partial charge in [-0.3, -0.25) is 4.79 Å². The fraction of sp³-hybridized carbons (Fsp3) is 0.889. The predicted octanol–water partition coefficient (Wildman–Crippen LogP) is 4.32. The van der Waals surface area contributed by atoms with Crippen LogP contribution in [0.25, 0.3) is 0 Å². The molecular weight excluding hydrogens is 485 g/mol. The van der Waals surface area contributed by atoms with E-state index in [2.05, 4.69) is 28.9 Å². The standard InChI is InChI=1S/C27H39F3N4O3/c1-15(2)34-13-17-18(14-34)23(17)36-21-5-4-6-27(29,30)19(21)12-22(35)33-9-7-26(3,8-10-33)25-31-24(37-32-25)16-11-20(16)28/h15-21,23H,4-14H2,1-3H3/t16-,17-,18+,19-,20+,21+,23?/m1/s1. The Kier molecular flexibility index (Phi) is 6.37. The summed E-state index contributed by atoms with van der Waals surface area (Å²) < 4.78 is 55.2. The average molecular weight is 525 g/mol. The van der Waals surface area contributed by atoms with Gasteiger partial charge < -0.3 is 19.1 Å². The van der Waals surface area contributed by atoms with Crippen LogP contribution in [0.4, 0.5) is 13.2 Å². The van der Waals surface area contributed by atoms with Crippen molar-refractivity contribution in [3.8, 4) is 0 Å². The van der Waals surface area contributed by atoms with E-state index < -0.39 is 24.1 Å². The molecule has 3 aliphatic carbocycles. The molecule has 3 heterocycles. The summed E-state index contributed by atoms with van der Waals surface area (Å²) in [5.74, 6) is -2.70. The minimum Gasteiger partial charge on any atom is -0.374 e. The second-order valence-electron chi connectivity index (χ2n) is 12.7. The van der Waals surface area contributed by atoms with E-state index in [0.717, 1.165) is 13.1 Å². The van der Waals surface area contributed by atoms with Crippen LogP contribution < -0.4 is 0 Å². The van der Waals surface area contributed by atoms with Gasteiger partial charge in [-0.1, -0.05) is 12.1 Å². The van der Waals surface area contributed by atoms with Crippen LogP contribution in [-0.2, 0) is 14.9 Å². The molecule has 0 spiro atoms. The Labute approximate surface area is 216 Å². The average Bonchev–Trinajstić information content (AvgIpc) is 3.53. The predicted molar refractivity (Wildman–Crippen MR) is 129 cm³/mol. The minimum atomic E-state index is -2.89. The normalized spacial score (nSPS) is 38.6. The van der Waals surface area contributed by atoms with E-state index in [1.807, 2.05) is 6.92 Å². The van der Waals surface area contributed by atoms with Crippen molar-refractivity contribution in [3.05, 3.63) is 11.7 Å². The highest BCUT2D eigenvalue weighted by Gasteiger charge is 2.59. The van der Waals surface area contributed by atoms with E-state index in [9.17, 15) is 9.18 Å². The number of likely N-dealkylation sites (tertiary alicyclic amines) is 2. The first kappa shape index (κ1) is 25.6. The number of carbonyl (C=O) groups excluding carboxylic acids is 1. The fourth-order valence-electron chi connectivity index (χ4n) is 6.81.